The Morgan fingerprint density at radius 2 is 1.68 bits per heavy atom. The number of hydrogen-bond donors (Lipinski definition) is 0. The van der Waals surface area contributed by atoms with Crippen LogP contribution < -0.4 is 9.47 Å². The highest BCUT2D eigenvalue weighted by molar-refractivity contribution is 5.91. The summed E-state index contributed by atoms with van der Waals surface area (Å²) in [4.78, 5) is 12.0. The SMILES string of the molecule is COc1ccc(C(=O)Oc2cc(C)ccc2C)cc1. The van der Waals surface area contributed by atoms with Crippen LogP contribution in [0.15, 0.2) is 42.5 Å². The van der Waals surface area contributed by atoms with Gasteiger partial charge in [0.2, 0.25) is 0 Å². The lowest BCUT2D eigenvalue weighted by atomic mass is 10.1. The third kappa shape index (κ3) is 3.13. The molecule has 98 valence electrons. The fraction of sp³-hybridized carbons (Fsp3) is 0.188. The van der Waals surface area contributed by atoms with Gasteiger partial charge >= 0.3 is 5.97 Å². The zero-order chi connectivity index (χ0) is 13.8. The molecule has 0 atom stereocenters. The minimum absolute atomic E-state index is 0.364. The van der Waals surface area contributed by atoms with Crippen molar-refractivity contribution < 1.29 is 14.3 Å². The molecule has 0 heterocycles. The molecule has 3 nitrogen and oxygen atoms in total. The van der Waals surface area contributed by atoms with Crippen molar-refractivity contribution in [1.82, 2.24) is 0 Å². The third-order valence-electron chi connectivity index (χ3n) is 2.87. The van der Waals surface area contributed by atoms with Gasteiger partial charge in [0.1, 0.15) is 11.5 Å². The summed E-state index contributed by atoms with van der Waals surface area (Å²) < 4.78 is 10.5. The number of methoxy groups -OCH3 is 1. The minimum Gasteiger partial charge on any atom is -0.497 e. The first-order chi connectivity index (χ1) is 9.10. The summed E-state index contributed by atoms with van der Waals surface area (Å²) in [7, 11) is 1.59. The number of carbonyl (C=O) groups is 1. The van der Waals surface area contributed by atoms with Gasteiger partial charge < -0.3 is 9.47 Å². The van der Waals surface area contributed by atoms with Gasteiger partial charge in [0.25, 0.3) is 0 Å². The lowest BCUT2D eigenvalue weighted by Crippen LogP contribution is -2.09. The van der Waals surface area contributed by atoms with Crippen molar-refractivity contribution in [2.24, 2.45) is 0 Å². The normalized spacial score (nSPS) is 10.1. The van der Waals surface area contributed by atoms with Crippen molar-refractivity contribution in [2.45, 2.75) is 13.8 Å². The zero-order valence-corrected chi connectivity index (χ0v) is 11.3. The van der Waals surface area contributed by atoms with Crippen LogP contribution in [0.25, 0.3) is 0 Å². The molecule has 2 aromatic rings. The molecule has 0 unspecified atom stereocenters. The molecule has 0 aliphatic rings. The van der Waals surface area contributed by atoms with Crippen LogP contribution in [0.1, 0.15) is 21.5 Å². The second-order valence-corrected chi connectivity index (χ2v) is 4.39. The Kier molecular flexibility index (Phi) is 3.85. The summed E-state index contributed by atoms with van der Waals surface area (Å²) in [5.74, 6) is 0.945. The number of carbonyl (C=O) groups excluding carboxylic acids is 1. The average molecular weight is 256 g/mol. The Hall–Kier alpha value is -2.29. The molecule has 0 amide bonds. The Morgan fingerprint density at radius 3 is 2.32 bits per heavy atom. The van der Waals surface area contributed by atoms with Gasteiger partial charge in [-0.05, 0) is 55.3 Å². The molecule has 0 aliphatic heterocycles. The van der Waals surface area contributed by atoms with Crippen LogP contribution in [0.2, 0.25) is 0 Å². The molecule has 0 aliphatic carbocycles. The predicted molar refractivity (Wildman–Crippen MR) is 73.9 cm³/mol. The van der Waals surface area contributed by atoms with Gasteiger partial charge in [0.15, 0.2) is 0 Å². The van der Waals surface area contributed by atoms with Crippen molar-refractivity contribution in [3.05, 3.63) is 59.2 Å². The molecule has 0 saturated carbocycles. The van der Waals surface area contributed by atoms with Crippen molar-refractivity contribution in [2.75, 3.05) is 7.11 Å². The lowest BCUT2D eigenvalue weighted by Gasteiger charge is -2.08. The number of esters is 1. The molecular formula is C16H16O3. The van der Waals surface area contributed by atoms with E-state index in [9.17, 15) is 4.79 Å². The van der Waals surface area contributed by atoms with Crippen LogP contribution in [0.5, 0.6) is 11.5 Å². The van der Waals surface area contributed by atoms with E-state index in [0.717, 1.165) is 11.1 Å². The molecule has 0 bridgehead atoms. The number of hydrogen-bond acceptors (Lipinski definition) is 3. The second kappa shape index (κ2) is 5.57. The van der Waals surface area contributed by atoms with E-state index in [0.29, 0.717) is 17.1 Å². The molecule has 0 spiro atoms. The van der Waals surface area contributed by atoms with Gasteiger partial charge in [-0.15, -0.1) is 0 Å². The van der Waals surface area contributed by atoms with Crippen molar-refractivity contribution >= 4 is 5.97 Å². The van der Waals surface area contributed by atoms with Crippen molar-refractivity contribution in [1.29, 1.82) is 0 Å². The molecule has 3 heteroatoms. The zero-order valence-electron chi connectivity index (χ0n) is 11.3. The molecule has 2 rings (SSSR count). The summed E-state index contributed by atoms with van der Waals surface area (Å²) >= 11 is 0. The Bertz CT molecular complexity index is 585. The van der Waals surface area contributed by atoms with E-state index in [4.69, 9.17) is 9.47 Å². The summed E-state index contributed by atoms with van der Waals surface area (Å²) in [6.07, 6.45) is 0. The Balaban J connectivity index is 2.18. The minimum atomic E-state index is -0.364. The van der Waals surface area contributed by atoms with Gasteiger partial charge in [-0.3, -0.25) is 0 Å². The maximum absolute atomic E-state index is 12.0. The van der Waals surface area contributed by atoms with Gasteiger partial charge in [-0.25, -0.2) is 4.79 Å². The maximum atomic E-state index is 12.0. The van der Waals surface area contributed by atoms with Crippen LogP contribution >= 0.6 is 0 Å². The maximum Gasteiger partial charge on any atom is 0.343 e. The average Bonchev–Trinajstić information content (AvgIpc) is 2.43. The first-order valence-electron chi connectivity index (χ1n) is 6.03. The van der Waals surface area contributed by atoms with Crippen LogP contribution in [-0.4, -0.2) is 13.1 Å². The van der Waals surface area contributed by atoms with Gasteiger partial charge in [0, 0.05) is 0 Å². The molecular weight excluding hydrogens is 240 g/mol. The fourth-order valence-corrected chi connectivity index (χ4v) is 1.70. The topological polar surface area (TPSA) is 35.5 Å². The molecule has 19 heavy (non-hydrogen) atoms. The highest BCUT2D eigenvalue weighted by atomic mass is 16.5. The van der Waals surface area contributed by atoms with Gasteiger partial charge in [-0.1, -0.05) is 12.1 Å². The van der Waals surface area contributed by atoms with E-state index >= 15 is 0 Å². The molecule has 0 radical (unpaired) electrons. The highest BCUT2D eigenvalue weighted by Gasteiger charge is 2.10. The molecule has 2 aromatic carbocycles. The van der Waals surface area contributed by atoms with Crippen LogP contribution in [0.4, 0.5) is 0 Å². The fourth-order valence-electron chi connectivity index (χ4n) is 1.70. The second-order valence-electron chi connectivity index (χ2n) is 4.39. The van der Waals surface area contributed by atoms with Crippen LogP contribution in [-0.2, 0) is 0 Å². The summed E-state index contributed by atoms with van der Waals surface area (Å²) in [5.41, 5.74) is 2.50. The Morgan fingerprint density at radius 1 is 1.00 bits per heavy atom. The smallest absolute Gasteiger partial charge is 0.343 e. The first-order valence-corrected chi connectivity index (χ1v) is 6.03. The standard InChI is InChI=1S/C16H16O3/c1-11-4-5-12(2)15(10-11)19-16(17)13-6-8-14(18-3)9-7-13/h4-10H,1-3H3. The first kappa shape index (κ1) is 13.1. The molecule has 0 N–H and O–H groups in total. The summed E-state index contributed by atoms with van der Waals surface area (Å²) in [6, 6.07) is 12.6. The molecule has 0 saturated heterocycles. The number of ether oxygens (including phenoxy) is 2. The van der Waals surface area contributed by atoms with E-state index < -0.39 is 0 Å². The van der Waals surface area contributed by atoms with E-state index in [2.05, 4.69) is 0 Å². The molecule has 0 aromatic heterocycles. The van der Waals surface area contributed by atoms with E-state index in [1.54, 1.807) is 31.4 Å². The predicted octanol–water partition coefficient (Wildman–Crippen LogP) is 3.53. The highest BCUT2D eigenvalue weighted by Crippen LogP contribution is 2.21. The largest absolute Gasteiger partial charge is 0.497 e. The number of aryl methyl sites for hydroxylation is 2. The van der Waals surface area contributed by atoms with E-state index in [-0.39, 0.29) is 5.97 Å². The van der Waals surface area contributed by atoms with Gasteiger partial charge in [-0.2, -0.15) is 0 Å². The quantitative estimate of drug-likeness (QED) is 0.622. The molecule has 0 fully saturated rings. The summed E-state index contributed by atoms with van der Waals surface area (Å²) in [6.45, 7) is 3.88. The number of benzene rings is 2. The van der Waals surface area contributed by atoms with Crippen molar-refractivity contribution in [3.8, 4) is 11.5 Å². The van der Waals surface area contributed by atoms with Crippen LogP contribution in [0.3, 0.4) is 0 Å². The van der Waals surface area contributed by atoms with Gasteiger partial charge in [0.05, 0.1) is 12.7 Å². The summed E-state index contributed by atoms with van der Waals surface area (Å²) in [5, 5.41) is 0. The third-order valence-corrected chi connectivity index (χ3v) is 2.87. The monoisotopic (exact) mass is 256 g/mol. The van der Waals surface area contributed by atoms with E-state index in [1.165, 1.54) is 0 Å². The number of rotatable bonds is 3. The lowest BCUT2D eigenvalue weighted by molar-refractivity contribution is 0.0733. The van der Waals surface area contributed by atoms with Crippen molar-refractivity contribution in [3.63, 3.8) is 0 Å². The van der Waals surface area contributed by atoms with Crippen LogP contribution in [0, 0.1) is 13.8 Å². The van der Waals surface area contributed by atoms with E-state index in [1.807, 2.05) is 32.0 Å². The Labute approximate surface area is 112 Å².